The molecule has 20 aromatic rings. The van der Waals surface area contributed by atoms with Crippen LogP contribution in [0.1, 0.15) is 0 Å². The average molecular weight is 1360 g/mol. The van der Waals surface area contributed by atoms with E-state index < -0.39 is 0 Å². The summed E-state index contributed by atoms with van der Waals surface area (Å²) in [6.45, 7) is 0. The van der Waals surface area contributed by atoms with Gasteiger partial charge in [-0.2, -0.15) is 0 Å². The molecule has 0 saturated heterocycles. The van der Waals surface area contributed by atoms with Gasteiger partial charge in [-0.05, 0) is 107 Å². The number of fused-ring (bicyclic) bond motifs is 12. The van der Waals surface area contributed by atoms with Gasteiger partial charge in [-0.3, -0.25) is 0 Å². The predicted octanol–water partition coefficient (Wildman–Crippen LogP) is 24.1. The number of para-hydroxylation sites is 2. The molecule has 0 fully saturated rings. The van der Waals surface area contributed by atoms with Crippen LogP contribution in [0.4, 0.5) is 0 Å². The first kappa shape index (κ1) is 60.2. The molecular weight excluding hydrogens is 1300 g/mol. The highest BCUT2D eigenvalue weighted by Crippen LogP contribution is 2.42. The van der Waals surface area contributed by atoms with E-state index in [4.69, 9.17) is 38.7 Å². The number of halogens is 1. The molecule has 476 valence electrons. The lowest BCUT2D eigenvalue weighted by molar-refractivity contribution is 0.668. The van der Waals surface area contributed by atoms with Gasteiger partial charge in [0, 0.05) is 97.7 Å². The van der Waals surface area contributed by atoms with Crippen LogP contribution in [0, 0.1) is 0 Å². The van der Waals surface area contributed by atoms with Crippen LogP contribution in [0.5, 0.6) is 0 Å². The van der Waals surface area contributed by atoms with Gasteiger partial charge in [0.1, 0.15) is 22.3 Å². The topological polar surface area (TPSA) is 124 Å². The van der Waals surface area contributed by atoms with Crippen molar-refractivity contribution in [2.75, 3.05) is 0 Å². The number of aromatic amines is 1. The monoisotopic (exact) mass is 1360 g/mol. The summed E-state index contributed by atoms with van der Waals surface area (Å²) in [6, 6.07) is 116. The molecule has 0 radical (unpaired) electrons. The van der Waals surface area contributed by atoms with Gasteiger partial charge in [-0.1, -0.05) is 271 Å². The van der Waals surface area contributed by atoms with E-state index in [-0.39, 0.29) is 0 Å². The molecule has 0 atom stereocenters. The van der Waals surface area contributed by atoms with Crippen molar-refractivity contribution in [3.63, 3.8) is 0 Å². The maximum absolute atomic E-state index is 6.48. The summed E-state index contributed by atoms with van der Waals surface area (Å²) in [4.78, 5) is 33.0. The Morgan fingerprint density at radius 1 is 0.248 bits per heavy atom. The first-order chi connectivity index (χ1) is 50.0. The summed E-state index contributed by atoms with van der Waals surface area (Å²) in [5.41, 5.74) is 19.5. The number of nitrogens with zero attached hydrogens (tertiary/aromatic N) is 7. The van der Waals surface area contributed by atoms with Crippen molar-refractivity contribution in [3.8, 4) is 96.3 Å². The van der Waals surface area contributed by atoms with E-state index in [9.17, 15) is 0 Å². The first-order valence-electron chi connectivity index (χ1n) is 33.4. The minimum atomic E-state index is 0.599. The highest BCUT2D eigenvalue weighted by atomic mass is 79.9. The van der Waals surface area contributed by atoms with Crippen LogP contribution in [-0.4, -0.2) is 39.5 Å². The molecule has 101 heavy (non-hydrogen) atoms. The zero-order valence-corrected chi connectivity index (χ0v) is 55.7. The molecule has 0 aliphatic rings. The van der Waals surface area contributed by atoms with Crippen LogP contribution in [0.2, 0.25) is 0 Å². The quantitative estimate of drug-likeness (QED) is 0.152. The van der Waals surface area contributed by atoms with Crippen molar-refractivity contribution in [1.29, 1.82) is 0 Å². The third-order valence-electron chi connectivity index (χ3n) is 18.5. The molecular formula is C90H57BrN8O2. The third kappa shape index (κ3) is 11.5. The highest BCUT2D eigenvalue weighted by molar-refractivity contribution is 9.10. The molecule has 0 aliphatic carbocycles. The van der Waals surface area contributed by atoms with E-state index in [2.05, 4.69) is 195 Å². The molecule has 0 spiro atoms. The molecule has 0 amide bonds. The van der Waals surface area contributed by atoms with Crippen molar-refractivity contribution in [1.82, 2.24) is 39.5 Å². The standard InChI is InChI=1S/C45H28N4O.C27H16BrN3O.C18H13N/c1-4-13-29(14-5-1)32-23-25-39-36(27-32)34-19-10-11-21-38(34)49(39)33-24-26-40-37(28-33)42-35(20-12-22-41(42)50-40)45-47-43(30-15-6-2-7-16-30)46-44(48-45)31-17-8-3-9-18-31;28-19-14-15-22-21(16-19)24-20(12-7-13-23(24)32-22)27-30-25(17-8-3-1-4-9-17)29-26(31-27)18-10-5-2-6-11-18;1-2-6-13(7-3-1)14-10-11-18-16(12-14)15-8-4-5-9-17(15)19-18/h1-28H;1-16H;1-12,19H. The largest absolute Gasteiger partial charge is 0.456 e. The fourth-order valence-corrected chi connectivity index (χ4v) is 14.1. The van der Waals surface area contributed by atoms with E-state index in [0.29, 0.717) is 34.9 Å². The van der Waals surface area contributed by atoms with Gasteiger partial charge in [-0.25, -0.2) is 29.9 Å². The number of nitrogens with one attached hydrogen (secondary N) is 1. The fraction of sp³-hybridized carbons (Fsp3) is 0. The highest BCUT2D eigenvalue weighted by Gasteiger charge is 2.22. The molecule has 1 N–H and O–H groups in total. The van der Waals surface area contributed by atoms with E-state index in [1.54, 1.807) is 0 Å². The van der Waals surface area contributed by atoms with E-state index in [1.165, 1.54) is 54.8 Å². The number of rotatable bonds is 9. The molecule has 6 aromatic heterocycles. The van der Waals surface area contributed by atoms with Gasteiger partial charge in [0.2, 0.25) is 0 Å². The smallest absolute Gasteiger partial charge is 0.164 e. The van der Waals surface area contributed by atoms with Crippen LogP contribution in [0.3, 0.4) is 0 Å². The number of hydrogen-bond donors (Lipinski definition) is 1. The second kappa shape index (κ2) is 26.0. The third-order valence-corrected chi connectivity index (χ3v) is 19.0. The fourth-order valence-electron chi connectivity index (χ4n) is 13.7. The van der Waals surface area contributed by atoms with Crippen LogP contribution in [0.15, 0.2) is 353 Å². The summed E-state index contributed by atoms with van der Waals surface area (Å²) in [6.07, 6.45) is 0. The SMILES string of the molecule is Brc1ccc2oc3cccc(-c4nc(-c5ccccc5)nc(-c5ccccc5)n4)c3c2c1.c1ccc(-c2ccc3[nH]c4ccccc4c3c2)cc1.c1ccc(-c2ccc3c(c2)c2ccccc2n3-c2ccc3oc4cccc(-c5nc(-c6ccccc6)nc(-c6ccccc6)n5)c4c3c2)cc1. The second-order valence-electron chi connectivity index (χ2n) is 24.7. The molecule has 0 aliphatic heterocycles. The van der Waals surface area contributed by atoms with Gasteiger partial charge < -0.3 is 18.4 Å². The number of furan rings is 2. The summed E-state index contributed by atoms with van der Waals surface area (Å²) < 4.78 is 15.9. The zero-order chi connectivity index (χ0) is 67.2. The molecule has 11 heteroatoms. The number of hydrogen-bond acceptors (Lipinski definition) is 8. The predicted molar refractivity (Wildman–Crippen MR) is 416 cm³/mol. The summed E-state index contributed by atoms with van der Waals surface area (Å²) in [5.74, 6) is 3.74. The maximum Gasteiger partial charge on any atom is 0.164 e. The van der Waals surface area contributed by atoms with E-state index in [1.807, 2.05) is 170 Å². The van der Waals surface area contributed by atoms with Crippen molar-refractivity contribution < 1.29 is 8.83 Å². The lowest BCUT2D eigenvalue weighted by atomic mass is 10.0. The number of benzene rings is 14. The molecule has 0 bridgehead atoms. The van der Waals surface area contributed by atoms with Crippen molar-refractivity contribution in [3.05, 3.63) is 344 Å². The van der Waals surface area contributed by atoms with E-state index >= 15 is 0 Å². The Balaban J connectivity index is 0.000000122. The normalized spacial score (nSPS) is 11.4. The van der Waals surface area contributed by atoms with Crippen LogP contribution in [0.25, 0.3) is 184 Å². The molecule has 10 nitrogen and oxygen atoms in total. The minimum absolute atomic E-state index is 0.599. The van der Waals surface area contributed by atoms with Crippen molar-refractivity contribution in [2.45, 2.75) is 0 Å². The first-order valence-corrected chi connectivity index (χ1v) is 34.2. The molecule has 6 heterocycles. The second-order valence-corrected chi connectivity index (χ2v) is 25.6. The van der Waals surface area contributed by atoms with Gasteiger partial charge in [0.05, 0.1) is 11.0 Å². The molecule has 0 saturated carbocycles. The Kier molecular flexibility index (Phi) is 15.5. The van der Waals surface area contributed by atoms with Crippen molar-refractivity contribution >= 4 is 103 Å². The maximum atomic E-state index is 6.48. The molecule has 14 aromatic carbocycles. The van der Waals surface area contributed by atoms with Gasteiger partial charge in [0.25, 0.3) is 0 Å². The van der Waals surface area contributed by atoms with Gasteiger partial charge >= 0.3 is 0 Å². The Morgan fingerprint density at radius 3 is 1.16 bits per heavy atom. The van der Waals surface area contributed by atoms with Crippen LogP contribution in [-0.2, 0) is 0 Å². The summed E-state index contributed by atoms with van der Waals surface area (Å²) in [7, 11) is 0. The Morgan fingerprint density at radius 2 is 0.644 bits per heavy atom. The van der Waals surface area contributed by atoms with Crippen molar-refractivity contribution in [2.24, 2.45) is 0 Å². The van der Waals surface area contributed by atoms with Gasteiger partial charge in [0.15, 0.2) is 34.9 Å². The number of H-pyrrole nitrogens is 1. The molecule has 0 unspecified atom stereocenters. The van der Waals surface area contributed by atoms with Crippen LogP contribution >= 0.6 is 15.9 Å². The van der Waals surface area contributed by atoms with Crippen LogP contribution < -0.4 is 0 Å². The lowest BCUT2D eigenvalue weighted by Gasteiger charge is -2.10. The lowest BCUT2D eigenvalue weighted by Crippen LogP contribution is -2.00. The molecule has 20 rings (SSSR count). The summed E-state index contributed by atoms with van der Waals surface area (Å²) in [5, 5.41) is 8.99. The zero-order valence-electron chi connectivity index (χ0n) is 54.2. The summed E-state index contributed by atoms with van der Waals surface area (Å²) >= 11 is 3.59. The number of aromatic nitrogens is 8. The van der Waals surface area contributed by atoms with E-state index in [0.717, 1.165) is 98.5 Å². The Bertz CT molecular complexity index is 6340. The Labute approximate surface area is 588 Å². The minimum Gasteiger partial charge on any atom is -0.456 e. The van der Waals surface area contributed by atoms with Gasteiger partial charge in [-0.15, -0.1) is 0 Å². The Hall–Kier alpha value is -13.2. The average Bonchev–Trinajstić information content (AvgIpc) is 1.60.